The minimum absolute atomic E-state index is 0.512. The number of nitrogens with zero attached hydrogens (tertiary/aromatic N) is 1. The van der Waals surface area contributed by atoms with Gasteiger partial charge < -0.3 is 15.8 Å². The molecule has 0 spiro atoms. The summed E-state index contributed by atoms with van der Waals surface area (Å²) in [6.45, 7) is 5.29. The van der Waals surface area contributed by atoms with Crippen molar-refractivity contribution >= 4 is 16.5 Å². The Kier molecular flexibility index (Phi) is 7.12. The third-order valence-electron chi connectivity index (χ3n) is 2.14. The van der Waals surface area contributed by atoms with E-state index < -0.39 is 0 Å². The minimum Gasteiger partial charge on any atom is -0.381 e. The van der Waals surface area contributed by atoms with Crippen LogP contribution in [0.15, 0.2) is 5.38 Å². The summed E-state index contributed by atoms with van der Waals surface area (Å²) in [4.78, 5) is 4.32. The van der Waals surface area contributed by atoms with Gasteiger partial charge in [-0.2, -0.15) is 0 Å². The van der Waals surface area contributed by atoms with E-state index >= 15 is 0 Å². The number of anilines is 1. The standard InChI is InChI=1S/C11H21N3OS/c1-2-3-6-15-7-4-5-13-11-14-10(8-12)9-16-11/h9H,2-8,12H2,1H3,(H,13,14). The van der Waals surface area contributed by atoms with E-state index in [2.05, 4.69) is 17.2 Å². The molecule has 5 heteroatoms. The van der Waals surface area contributed by atoms with Gasteiger partial charge in [0.15, 0.2) is 5.13 Å². The smallest absolute Gasteiger partial charge is 0.182 e. The van der Waals surface area contributed by atoms with E-state index in [1.807, 2.05) is 5.38 Å². The zero-order valence-electron chi connectivity index (χ0n) is 9.87. The van der Waals surface area contributed by atoms with Crippen molar-refractivity contribution < 1.29 is 4.74 Å². The highest BCUT2D eigenvalue weighted by Gasteiger charge is 1.98. The lowest BCUT2D eigenvalue weighted by atomic mass is 10.4. The SMILES string of the molecule is CCCCOCCCNc1nc(CN)cs1. The van der Waals surface area contributed by atoms with E-state index in [0.29, 0.717) is 6.54 Å². The topological polar surface area (TPSA) is 60.2 Å². The van der Waals surface area contributed by atoms with Gasteiger partial charge in [0.2, 0.25) is 0 Å². The van der Waals surface area contributed by atoms with Crippen molar-refractivity contribution in [2.45, 2.75) is 32.7 Å². The summed E-state index contributed by atoms with van der Waals surface area (Å²) in [5, 5.41) is 6.20. The maximum Gasteiger partial charge on any atom is 0.182 e. The highest BCUT2D eigenvalue weighted by atomic mass is 32.1. The average Bonchev–Trinajstić information content (AvgIpc) is 2.76. The fourth-order valence-electron chi connectivity index (χ4n) is 1.20. The van der Waals surface area contributed by atoms with E-state index in [1.165, 1.54) is 6.42 Å². The molecule has 0 aliphatic carbocycles. The van der Waals surface area contributed by atoms with Crippen molar-refractivity contribution in [3.05, 3.63) is 11.1 Å². The molecule has 0 radical (unpaired) electrons. The van der Waals surface area contributed by atoms with Gasteiger partial charge in [-0.1, -0.05) is 13.3 Å². The number of unbranched alkanes of at least 4 members (excludes halogenated alkanes) is 1. The Bertz CT molecular complexity index is 278. The molecule has 1 aromatic heterocycles. The van der Waals surface area contributed by atoms with Crippen molar-refractivity contribution in [1.29, 1.82) is 0 Å². The minimum atomic E-state index is 0.512. The Morgan fingerprint density at radius 3 is 2.94 bits per heavy atom. The molecule has 3 N–H and O–H groups in total. The Balaban J connectivity index is 1.98. The second kappa shape index (κ2) is 8.50. The first kappa shape index (κ1) is 13.4. The molecule has 0 unspecified atom stereocenters. The van der Waals surface area contributed by atoms with Crippen LogP contribution in [0.2, 0.25) is 0 Å². The molecule has 0 aromatic carbocycles. The zero-order valence-corrected chi connectivity index (χ0v) is 10.7. The summed E-state index contributed by atoms with van der Waals surface area (Å²) in [5.41, 5.74) is 6.43. The van der Waals surface area contributed by atoms with Crippen molar-refractivity contribution in [1.82, 2.24) is 4.98 Å². The molecule has 0 bridgehead atoms. The molecule has 4 nitrogen and oxygen atoms in total. The third kappa shape index (κ3) is 5.44. The number of nitrogens with one attached hydrogen (secondary N) is 1. The predicted octanol–water partition coefficient (Wildman–Crippen LogP) is 2.22. The van der Waals surface area contributed by atoms with Crippen LogP contribution < -0.4 is 11.1 Å². The first-order chi connectivity index (χ1) is 7.86. The lowest BCUT2D eigenvalue weighted by Crippen LogP contribution is -2.06. The normalized spacial score (nSPS) is 10.6. The number of nitrogens with two attached hydrogens (primary N) is 1. The lowest BCUT2D eigenvalue weighted by Gasteiger charge is -2.04. The highest BCUT2D eigenvalue weighted by Crippen LogP contribution is 2.14. The second-order valence-electron chi connectivity index (χ2n) is 3.59. The monoisotopic (exact) mass is 243 g/mol. The van der Waals surface area contributed by atoms with Gasteiger partial charge in [0.25, 0.3) is 0 Å². The van der Waals surface area contributed by atoms with Crippen LogP contribution in [-0.2, 0) is 11.3 Å². The molecular weight excluding hydrogens is 222 g/mol. The quantitative estimate of drug-likeness (QED) is 0.653. The first-order valence-corrected chi connectivity index (χ1v) is 6.71. The number of ether oxygens (including phenoxy) is 1. The largest absolute Gasteiger partial charge is 0.381 e. The van der Waals surface area contributed by atoms with Gasteiger partial charge in [0.05, 0.1) is 5.69 Å². The van der Waals surface area contributed by atoms with Crippen LogP contribution in [0.1, 0.15) is 31.9 Å². The number of hydrogen-bond acceptors (Lipinski definition) is 5. The van der Waals surface area contributed by atoms with Gasteiger partial charge in [0.1, 0.15) is 0 Å². The highest BCUT2D eigenvalue weighted by molar-refractivity contribution is 7.13. The van der Waals surface area contributed by atoms with E-state index in [0.717, 1.165) is 43.4 Å². The fourth-order valence-corrected chi connectivity index (χ4v) is 1.95. The first-order valence-electron chi connectivity index (χ1n) is 5.83. The predicted molar refractivity (Wildman–Crippen MR) is 68.8 cm³/mol. The van der Waals surface area contributed by atoms with Crippen molar-refractivity contribution in [3.63, 3.8) is 0 Å². The van der Waals surface area contributed by atoms with Gasteiger partial charge in [-0.15, -0.1) is 11.3 Å². The Morgan fingerprint density at radius 1 is 1.44 bits per heavy atom. The number of thiazole rings is 1. The summed E-state index contributed by atoms with van der Waals surface area (Å²) < 4.78 is 5.46. The summed E-state index contributed by atoms with van der Waals surface area (Å²) in [7, 11) is 0. The Labute approximate surface area is 101 Å². The molecule has 0 fully saturated rings. The second-order valence-corrected chi connectivity index (χ2v) is 4.45. The average molecular weight is 243 g/mol. The van der Waals surface area contributed by atoms with Gasteiger partial charge >= 0.3 is 0 Å². The van der Waals surface area contributed by atoms with E-state index in [1.54, 1.807) is 11.3 Å². The molecule has 0 aliphatic rings. The van der Waals surface area contributed by atoms with Crippen LogP contribution in [0.4, 0.5) is 5.13 Å². The molecule has 0 saturated heterocycles. The van der Waals surface area contributed by atoms with E-state index in [-0.39, 0.29) is 0 Å². The number of aromatic nitrogens is 1. The van der Waals surface area contributed by atoms with Crippen LogP contribution in [0.5, 0.6) is 0 Å². The van der Waals surface area contributed by atoms with Crippen molar-refractivity contribution in [2.24, 2.45) is 5.73 Å². The van der Waals surface area contributed by atoms with E-state index in [9.17, 15) is 0 Å². The van der Waals surface area contributed by atoms with Crippen LogP contribution in [0, 0.1) is 0 Å². The molecule has 0 aliphatic heterocycles. The summed E-state index contributed by atoms with van der Waals surface area (Å²) in [5.74, 6) is 0. The molecule has 1 aromatic rings. The van der Waals surface area contributed by atoms with Gasteiger partial charge in [0, 0.05) is 31.7 Å². The van der Waals surface area contributed by atoms with Crippen molar-refractivity contribution in [2.75, 3.05) is 25.1 Å². The van der Waals surface area contributed by atoms with Gasteiger partial charge in [-0.3, -0.25) is 0 Å². The molecule has 1 rings (SSSR count). The van der Waals surface area contributed by atoms with E-state index in [4.69, 9.17) is 10.5 Å². The van der Waals surface area contributed by atoms with Gasteiger partial charge in [-0.25, -0.2) is 4.98 Å². The molecule has 16 heavy (non-hydrogen) atoms. The molecule has 1 heterocycles. The van der Waals surface area contributed by atoms with Gasteiger partial charge in [-0.05, 0) is 12.8 Å². The van der Waals surface area contributed by atoms with Crippen LogP contribution in [0.3, 0.4) is 0 Å². The maximum absolute atomic E-state index is 5.48. The molecule has 0 saturated carbocycles. The van der Waals surface area contributed by atoms with Crippen LogP contribution >= 0.6 is 11.3 Å². The third-order valence-corrected chi connectivity index (χ3v) is 2.99. The molecular formula is C11H21N3OS. The lowest BCUT2D eigenvalue weighted by molar-refractivity contribution is 0.131. The van der Waals surface area contributed by atoms with Crippen LogP contribution in [0.25, 0.3) is 0 Å². The fraction of sp³-hybridized carbons (Fsp3) is 0.727. The Hall–Kier alpha value is -0.650. The molecule has 0 amide bonds. The Morgan fingerprint density at radius 2 is 2.25 bits per heavy atom. The summed E-state index contributed by atoms with van der Waals surface area (Å²) in [6.07, 6.45) is 3.36. The number of rotatable bonds is 9. The summed E-state index contributed by atoms with van der Waals surface area (Å²) in [6, 6.07) is 0. The molecule has 92 valence electrons. The van der Waals surface area contributed by atoms with Crippen LogP contribution in [-0.4, -0.2) is 24.7 Å². The maximum atomic E-state index is 5.48. The zero-order chi connectivity index (χ0) is 11.6. The molecule has 0 atom stereocenters. The van der Waals surface area contributed by atoms with Crippen molar-refractivity contribution in [3.8, 4) is 0 Å². The summed E-state index contributed by atoms with van der Waals surface area (Å²) >= 11 is 1.60. The number of hydrogen-bond donors (Lipinski definition) is 2.